The van der Waals surface area contributed by atoms with Crippen molar-refractivity contribution in [1.29, 1.82) is 0 Å². The van der Waals surface area contributed by atoms with Gasteiger partial charge in [0.15, 0.2) is 5.37 Å². The van der Waals surface area contributed by atoms with Crippen molar-refractivity contribution in [3.8, 4) is 0 Å². The maximum atomic E-state index is 13.0. The fraction of sp³-hybridized carbons (Fsp3) is 0.111. The zero-order valence-corrected chi connectivity index (χ0v) is 12.9. The zero-order chi connectivity index (χ0) is 15.3. The van der Waals surface area contributed by atoms with Gasteiger partial charge >= 0.3 is 0 Å². The monoisotopic (exact) mass is 309 g/mol. The van der Waals surface area contributed by atoms with Crippen LogP contribution in [0.2, 0.25) is 0 Å². The molecule has 1 N–H and O–H groups in total. The van der Waals surface area contributed by atoms with Crippen LogP contribution in [-0.2, 0) is 9.84 Å². The van der Waals surface area contributed by atoms with Crippen LogP contribution in [0.5, 0.6) is 0 Å². The van der Waals surface area contributed by atoms with E-state index in [2.05, 4.69) is 5.32 Å². The molecule has 0 aromatic heterocycles. The molecule has 0 amide bonds. The van der Waals surface area contributed by atoms with E-state index in [1.807, 2.05) is 61.5 Å². The van der Waals surface area contributed by atoms with Crippen LogP contribution >= 0.6 is 0 Å². The van der Waals surface area contributed by atoms with E-state index in [0.29, 0.717) is 4.90 Å². The summed E-state index contributed by atoms with van der Waals surface area (Å²) < 4.78 is 26.1. The van der Waals surface area contributed by atoms with Gasteiger partial charge in [-0.3, -0.25) is 0 Å². The Morgan fingerprint density at radius 2 is 1.68 bits per heavy atom. The predicted octanol–water partition coefficient (Wildman–Crippen LogP) is 4.05. The van der Waals surface area contributed by atoms with E-state index in [4.69, 9.17) is 0 Å². The number of sulfone groups is 1. The number of nitrogens with one attached hydrogen (secondary N) is 1. The second-order valence-corrected chi connectivity index (χ2v) is 7.59. The Labute approximate surface area is 129 Å². The lowest BCUT2D eigenvalue weighted by molar-refractivity contribution is 0.587. The molecule has 3 nitrogen and oxygen atoms in total. The third-order valence-electron chi connectivity index (χ3n) is 4.23. The lowest BCUT2D eigenvalue weighted by Crippen LogP contribution is -2.25. The Morgan fingerprint density at radius 3 is 2.45 bits per heavy atom. The molecule has 0 radical (unpaired) electrons. The van der Waals surface area contributed by atoms with Gasteiger partial charge in [0.2, 0.25) is 9.84 Å². The lowest BCUT2D eigenvalue weighted by atomic mass is 10.0. The number of hydrogen-bond donors (Lipinski definition) is 1. The van der Waals surface area contributed by atoms with Gasteiger partial charge in [0.25, 0.3) is 0 Å². The summed E-state index contributed by atoms with van der Waals surface area (Å²) in [5.74, 6) is 0. The zero-order valence-electron chi connectivity index (χ0n) is 12.1. The molecule has 4 rings (SSSR count). The van der Waals surface area contributed by atoms with Gasteiger partial charge in [0, 0.05) is 11.1 Å². The lowest BCUT2D eigenvalue weighted by Gasteiger charge is -2.28. The first-order valence-electron chi connectivity index (χ1n) is 7.17. The number of aryl methyl sites for hydroxylation is 1. The van der Waals surface area contributed by atoms with Crippen molar-refractivity contribution in [2.24, 2.45) is 0 Å². The molecule has 0 aliphatic carbocycles. The van der Waals surface area contributed by atoms with Crippen LogP contribution in [0.1, 0.15) is 16.5 Å². The maximum Gasteiger partial charge on any atom is 0.204 e. The number of rotatable bonds is 1. The minimum absolute atomic E-state index is 0.413. The first-order valence-corrected chi connectivity index (χ1v) is 8.71. The third kappa shape index (κ3) is 1.77. The molecule has 0 saturated carbocycles. The molecule has 0 saturated heterocycles. The summed E-state index contributed by atoms with van der Waals surface area (Å²) in [7, 11) is -3.47. The van der Waals surface area contributed by atoms with Crippen LogP contribution < -0.4 is 5.32 Å². The van der Waals surface area contributed by atoms with Crippen LogP contribution in [0, 0.1) is 6.92 Å². The summed E-state index contributed by atoms with van der Waals surface area (Å²) >= 11 is 0. The molecule has 4 heteroatoms. The van der Waals surface area contributed by atoms with Gasteiger partial charge in [-0.05, 0) is 35.6 Å². The second kappa shape index (κ2) is 4.58. The van der Waals surface area contributed by atoms with E-state index >= 15 is 0 Å². The molecule has 3 aromatic carbocycles. The van der Waals surface area contributed by atoms with Crippen molar-refractivity contribution in [1.82, 2.24) is 0 Å². The molecule has 22 heavy (non-hydrogen) atoms. The Hall–Kier alpha value is -2.33. The van der Waals surface area contributed by atoms with Crippen molar-refractivity contribution >= 4 is 26.3 Å². The van der Waals surface area contributed by atoms with Gasteiger partial charge in [-0.15, -0.1) is 0 Å². The summed E-state index contributed by atoms with van der Waals surface area (Å²) in [6.45, 7) is 2.00. The van der Waals surface area contributed by atoms with Gasteiger partial charge in [-0.2, -0.15) is 0 Å². The largest absolute Gasteiger partial charge is 0.365 e. The van der Waals surface area contributed by atoms with Crippen molar-refractivity contribution in [2.45, 2.75) is 17.2 Å². The Morgan fingerprint density at radius 1 is 0.909 bits per heavy atom. The first-order chi connectivity index (χ1) is 10.6. The summed E-state index contributed by atoms with van der Waals surface area (Å²) in [4.78, 5) is 0.413. The number of benzene rings is 3. The SMILES string of the molecule is Cc1ccc2c3c(cccc13)NC(c1ccccc1)S2(=O)=O. The third-order valence-corrected chi connectivity index (χ3v) is 6.19. The van der Waals surface area contributed by atoms with Crippen molar-refractivity contribution in [3.63, 3.8) is 0 Å². The second-order valence-electron chi connectivity index (χ2n) is 5.59. The minimum atomic E-state index is -3.47. The van der Waals surface area contributed by atoms with Gasteiger partial charge in [0.05, 0.1) is 4.90 Å². The highest BCUT2D eigenvalue weighted by atomic mass is 32.2. The van der Waals surface area contributed by atoms with Crippen molar-refractivity contribution < 1.29 is 8.42 Å². The highest BCUT2D eigenvalue weighted by Gasteiger charge is 2.35. The molecule has 1 heterocycles. The Bertz CT molecular complexity index is 979. The van der Waals surface area contributed by atoms with E-state index in [1.165, 1.54) is 0 Å². The van der Waals surface area contributed by atoms with Crippen LogP contribution in [0.25, 0.3) is 10.8 Å². The molecular weight excluding hydrogens is 294 g/mol. The van der Waals surface area contributed by atoms with Crippen LogP contribution in [0.15, 0.2) is 65.6 Å². The number of anilines is 1. The highest BCUT2D eigenvalue weighted by molar-refractivity contribution is 7.92. The fourth-order valence-corrected chi connectivity index (χ4v) is 4.93. The van der Waals surface area contributed by atoms with Crippen LogP contribution in [0.4, 0.5) is 5.69 Å². The van der Waals surface area contributed by atoms with E-state index < -0.39 is 15.2 Å². The molecule has 1 unspecified atom stereocenters. The van der Waals surface area contributed by atoms with E-state index in [9.17, 15) is 8.42 Å². The fourth-order valence-electron chi connectivity index (χ4n) is 3.11. The summed E-state index contributed by atoms with van der Waals surface area (Å²) in [5.41, 5.74) is 2.71. The summed E-state index contributed by atoms with van der Waals surface area (Å²) in [6.07, 6.45) is 0. The first kappa shape index (κ1) is 13.3. The average Bonchev–Trinajstić information content (AvgIpc) is 2.53. The van der Waals surface area contributed by atoms with Gasteiger partial charge in [-0.25, -0.2) is 8.42 Å². The minimum Gasteiger partial charge on any atom is -0.365 e. The molecule has 3 aromatic rings. The predicted molar refractivity (Wildman–Crippen MR) is 88.7 cm³/mol. The maximum absolute atomic E-state index is 13.0. The molecule has 0 spiro atoms. The van der Waals surface area contributed by atoms with Crippen LogP contribution in [-0.4, -0.2) is 8.42 Å². The molecule has 1 aliphatic heterocycles. The molecule has 1 atom stereocenters. The van der Waals surface area contributed by atoms with Crippen molar-refractivity contribution in [2.75, 3.05) is 5.32 Å². The molecule has 1 aliphatic rings. The number of hydrogen-bond acceptors (Lipinski definition) is 3. The summed E-state index contributed by atoms with van der Waals surface area (Å²) in [5, 5.41) is 4.25. The topological polar surface area (TPSA) is 46.2 Å². The Balaban J connectivity index is 2.04. The molecular formula is C18H15NO2S. The Kier molecular flexibility index (Phi) is 2.78. The summed E-state index contributed by atoms with van der Waals surface area (Å²) in [6, 6.07) is 18.8. The standard InChI is InChI=1S/C18H15NO2S/c1-12-10-11-16-17-14(12)8-5-9-15(17)19-18(22(16,20)21)13-6-3-2-4-7-13/h2-11,18-19H,1H3. The molecule has 110 valence electrons. The average molecular weight is 309 g/mol. The van der Waals surface area contributed by atoms with E-state index in [0.717, 1.165) is 27.6 Å². The van der Waals surface area contributed by atoms with Crippen LogP contribution in [0.3, 0.4) is 0 Å². The normalized spacial score (nSPS) is 18.9. The molecule has 0 fully saturated rings. The van der Waals surface area contributed by atoms with Gasteiger partial charge < -0.3 is 5.32 Å². The smallest absolute Gasteiger partial charge is 0.204 e. The molecule has 0 bridgehead atoms. The van der Waals surface area contributed by atoms with Gasteiger partial charge in [0.1, 0.15) is 0 Å². The van der Waals surface area contributed by atoms with Crippen molar-refractivity contribution in [3.05, 3.63) is 71.8 Å². The van der Waals surface area contributed by atoms with E-state index in [-0.39, 0.29) is 0 Å². The van der Waals surface area contributed by atoms with Gasteiger partial charge in [-0.1, -0.05) is 48.5 Å². The highest BCUT2D eigenvalue weighted by Crippen LogP contribution is 2.43. The quantitative estimate of drug-likeness (QED) is 0.738. The van der Waals surface area contributed by atoms with E-state index in [1.54, 1.807) is 6.07 Å².